The molecule has 2 rings (SSSR count). The van der Waals surface area contributed by atoms with Crippen molar-refractivity contribution in [2.45, 2.75) is 44.1 Å². The molecule has 0 aliphatic rings. The van der Waals surface area contributed by atoms with Gasteiger partial charge in [0, 0.05) is 13.1 Å². The molecule has 0 aromatic carbocycles. The number of carbonyl (C=O) groups excluding carboxylic acids is 1. The first-order chi connectivity index (χ1) is 10.8. The molecule has 1 unspecified atom stereocenters. The number of esters is 1. The molecule has 1 atom stereocenters. The molecule has 9 heteroatoms. The topological polar surface area (TPSA) is 99.0 Å². The number of hydrogen-bond acceptors (Lipinski definition) is 6. The van der Waals surface area contributed by atoms with Gasteiger partial charge in [0.2, 0.25) is 0 Å². The third-order valence-corrected chi connectivity index (χ3v) is 4.38. The summed E-state index contributed by atoms with van der Waals surface area (Å²) in [5, 5.41) is 0.0302. The molecule has 126 valence electrons. The standard InChI is InChI=1S/C14H20N4O4S/c1-6-22-12(20)8(4)23-14-15-10-9(18(14)7(2)3)11(19)16-13(21)17(10)5/h7-8H,6H2,1-5H3,(H,16,19,21). The number of nitrogens with zero attached hydrogens (tertiary/aromatic N) is 3. The van der Waals surface area contributed by atoms with E-state index in [-0.39, 0.29) is 12.0 Å². The molecule has 0 amide bonds. The van der Waals surface area contributed by atoms with Crippen LogP contribution < -0.4 is 11.2 Å². The van der Waals surface area contributed by atoms with Gasteiger partial charge in [-0.25, -0.2) is 9.78 Å². The molecule has 0 saturated carbocycles. The lowest BCUT2D eigenvalue weighted by Crippen LogP contribution is -2.29. The molecule has 2 aromatic rings. The minimum Gasteiger partial charge on any atom is -0.465 e. The van der Waals surface area contributed by atoms with E-state index < -0.39 is 16.5 Å². The number of thioether (sulfide) groups is 1. The van der Waals surface area contributed by atoms with Gasteiger partial charge in [0.25, 0.3) is 5.56 Å². The van der Waals surface area contributed by atoms with Crippen LogP contribution in [0.4, 0.5) is 0 Å². The van der Waals surface area contributed by atoms with Crippen molar-refractivity contribution in [3.63, 3.8) is 0 Å². The average Bonchev–Trinajstić information content (AvgIpc) is 2.85. The summed E-state index contributed by atoms with van der Waals surface area (Å²) in [6.45, 7) is 7.58. The van der Waals surface area contributed by atoms with Crippen LogP contribution in [0.1, 0.15) is 33.7 Å². The Morgan fingerprint density at radius 1 is 1.35 bits per heavy atom. The quantitative estimate of drug-likeness (QED) is 0.645. The molecule has 8 nitrogen and oxygen atoms in total. The van der Waals surface area contributed by atoms with Crippen molar-refractivity contribution in [1.29, 1.82) is 0 Å². The van der Waals surface area contributed by atoms with Crippen LogP contribution in [0, 0.1) is 0 Å². The second-order valence-corrected chi connectivity index (χ2v) is 6.67. The van der Waals surface area contributed by atoms with E-state index in [2.05, 4.69) is 9.97 Å². The van der Waals surface area contributed by atoms with Crippen molar-refractivity contribution in [3.05, 3.63) is 20.8 Å². The van der Waals surface area contributed by atoms with E-state index in [1.165, 1.54) is 16.3 Å². The number of H-pyrrole nitrogens is 1. The Bertz CT molecular complexity index is 849. The van der Waals surface area contributed by atoms with E-state index in [0.717, 1.165) is 0 Å². The first-order valence-corrected chi connectivity index (χ1v) is 8.20. The molecular formula is C14H20N4O4S. The molecule has 0 fully saturated rings. The number of rotatable bonds is 5. The lowest BCUT2D eigenvalue weighted by atomic mass is 10.4. The van der Waals surface area contributed by atoms with Gasteiger partial charge in [-0.2, -0.15) is 0 Å². The summed E-state index contributed by atoms with van der Waals surface area (Å²) in [5.74, 6) is -0.345. The van der Waals surface area contributed by atoms with Crippen molar-refractivity contribution in [3.8, 4) is 0 Å². The predicted molar refractivity (Wildman–Crippen MR) is 87.9 cm³/mol. The van der Waals surface area contributed by atoms with Gasteiger partial charge in [-0.15, -0.1) is 0 Å². The van der Waals surface area contributed by atoms with Crippen LogP contribution in [-0.4, -0.2) is 36.9 Å². The number of ether oxygens (including phenoxy) is 1. The summed E-state index contributed by atoms with van der Waals surface area (Å²) in [7, 11) is 1.54. The van der Waals surface area contributed by atoms with Crippen LogP contribution in [-0.2, 0) is 16.6 Å². The fourth-order valence-corrected chi connectivity index (χ4v) is 3.25. The Balaban J connectivity index is 2.60. The number of fused-ring (bicyclic) bond motifs is 1. The number of hydrogen-bond donors (Lipinski definition) is 1. The first-order valence-electron chi connectivity index (χ1n) is 7.32. The molecule has 0 bridgehead atoms. The van der Waals surface area contributed by atoms with Crippen LogP contribution in [0.5, 0.6) is 0 Å². The zero-order chi connectivity index (χ0) is 17.3. The minimum absolute atomic E-state index is 0.0597. The highest BCUT2D eigenvalue weighted by atomic mass is 32.2. The molecule has 2 heterocycles. The number of aromatic amines is 1. The van der Waals surface area contributed by atoms with Gasteiger partial charge in [0.1, 0.15) is 5.25 Å². The van der Waals surface area contributed by atoms with Crippen molar-refractivity contribution < 1.29 is 9.53 Å². The number of nitrogens with one attached hydrogen (secondary N) is 1. The van der Waals surface area contributed by atoms with Crippen molar-refractivity contribution >= 4 is 28.9 Å². The number of imidazole rings is 1. The lowest BCUT2D eigenvalue weighted by Gasteiger charge is -2.14. The number of aromatic nitrogens is 4. The monoisotopic (exact) mass is 340 g/mol. The number of aryl methyl sites for hydroxylation is 1. The van der Waals surface area contributed by atoms with Crippen LogP contribution in [0.3, 0.4) is 0 Å². The van der Waals surface area contributed by atoms with E-state index >= 15 is 0 Å². The highest BCUT2D eigenvalue weighted by molar-refractivity contribution is 8.00. The van der Waals surface area contributed by atoms with Gasteiger partial charge in [0.15, 0.2) is 16.3 Å². The Morgan fingerprint density at radius 3 is 2.57 bits per heavy atom. The largest absolute Gasteiger partial charge is 0.465 e. The Labute approximate surface area is 136 Å². The van der Waals surface area contributed by atoms with Crippen LogP contribution >= 0.6 is 11.8 Å². The predicted octanol–water partition coefficient (Wildman–Crippen LogP) is 1.05. The van der Waals surface area contributed by atoms with Crippen molar-refractivity contribution in [2.75, 3.05) is 6.61 Å². The highest BCUT2D eigenvalue weighted by Crippen LogP contribution is 2.28. The Kier molecular flexibility index (Phi) is 4.98. The minimum atomic E-state index is -0.522. The molecule has 2 aromatic heterocycles. The van der Waals surface area contributed by atoms with Crippen LogP contribution in [0.2, 0.25) is 0 Å². The highest BCUT2D eigenvalue weighted by Gasteiger charge is 2.24. The van der Waals surface area contributed by atoms with Crippen LogP contribution in [0.15, 0.2) is 14.7 Å². The van der Waals surface area contributed by atoms with Gasteiger partial charge in [0.05, 0.1) is 6.61 Å². The molecule has 1 N–H and O–H groups in total. The summed E-state index contributed by atoms with van der Waals surface area (Å²) < 4.78 is 8.01. The second-order valence-electron chi connectivity index (χ2n) is 5.36. The summed E-state index contributed by atoms with van der Waals surface area (Å²) in [5.41, 5.74) is -0.391. The van der Waals surface area contributed by atoms with E-state index in [9.17, 15) is 14.4 Å². The molecule has 0 saturated heterocycles. The van der Waals surface area contributed by atoms with E-state index in [1.807, 2.05) is 13.8 Å². The van der Waals surface area contributed by atoms with E-state index in [4.69, 9.17) is 4.74 Å². The summed E-state index contributed by atoms with van der Waals surface area (Å²) in [6.07, 6.45) is 0. The van der Waals surface area contributed by atoms with Gasteiger partial charge >= 0.3 is 11.7 Å². The zero-order valence-corrected chi connectivity index (χ0v) is 14.6. The maximum absolute atomic E-state index is 12.2. The average molecular weight is 340 g/mol. The molecule has 23 heavy (non-hydrogen) atoms. The fourth-order valence-electron chi connectivity index (χ4n) is 2.21. The smallest absolute Gasteiger partial charge is 0.329 e. The summed E-state index contributed by atoms with van der Waals surface area (Å²) >= 11 is 1.20. The van der Waals surface area contributed by atoms with E-state index in [0.29, 0.717) is 22.9 Å². The van der Waals surface area contributed by atoms with Gasteiger partial charge in [-0.1, -0.05) is 11.8 Å². The normalized spacial score (nSPS) is 12.8. The summed E-state index contributed by atoms with van der Waals surface area (Å²) in [4.78, 5) is 42.4. The van der Waals surface area contributed by atoms with Gasteiger partial charge in [-0.3, -0.25) is 19.1 Å². The van der Waals surface area contributed by atoms with Crippen molar-refractivity contribution in [1.82, 2.24) is 19.1 Å². The maximum Gasteiger partial charge on any atom is 0.329 e. The van der Waals surface area contributed by atoms with Gasteiger partial charge in [-0.05, 0) is 27.7 Å². The summed E-state index contributed by atoms with van der Waals surface area (Å²) in [6, 6.07) is -0.0597. The maximum atomic E-state index is 12.2. The van der Waals surface area contributed by atoms with E-state index in [1.54, 1.807) is 25.5 Å². The second kappa shape index (κ2) is 6.61. The van der Waals surface area contributed by atoms with Gasteiger partial charge < -0.3 is 9.30 Å². The Hall–Kier alpha value is -2.03. The molecule has 0 spiro atoms. The Morgan fingerprint density at radius 2 is 2.00 bits per heavy atom. The SMILES string of the molecule is CCOC(=O)C(C)Sc1nc2c(c(=O)[nH]c(=O)n2C)n1C(C)C. The molecular weight excluding hydrogens is 320 g/mol. The molecule has 0 aliphatic carbocycles. The van der Waals surface area contributed by atoms with Crippen LogP contribution in [0.25, 0.3) is 11.2 Å². The molecule has 0 aliphatic heterocycles. The van der Waals surface area contributed by atoms with Crippen molar-refractivity contribution in [2.24, 2.45) is 7.05 Å². The number of carbonyl (C=O) groups is 1. The lowest BCUT2D eigenvalue weighted by molar-refractivity contribution is -0.142. The third-order valence-electron chi connectivity index (χ3n) is 3.34. The first kappa shape index (κ1) is 17.3. The molecule has 0 radical (unpaired) electrons. The fraction of sp³-hybridized carbons (Fsp3) is 0.571. The zero-order valence-electron chi connectivity index (χ0n) is 13.7. The third kappa shape index (κ3) is 3.19.